The lowest BCUT2D eigenvalue weighted by atomic mass is 9.81. The van der Waals surface area contributed by atoms with Crippen LogP contribution in [0.4, 0.5) is 11.4 Å². The minimum Gasteiger partial charge on any atom is -0.426 e. The molecule has 2 aromatic rings. The number of carbonyl (C=O) groups is 4. The molecular formula is C28H28N2O5. The van der Waals surface area contributed by atoms with Crippen molar-refractivity contribution >= 4 is 35.1 Å². The normalized spacial score (nSPS) is 29.3. The predicted molar refractivity (Wildman–Crippen MR) is 129 cm³/mol. The first kappa shape index (κ1) is 22.0. The van der Waals surface area contributed by atoms with E-state index in [1.807, 2.05) is 32.0 Å². The van der Waals surface area contributed by atoms with Gasteiger partial charge in [-0.05, 0) is 80.3 Å². The number of esters is 1. The molecule has 0 unspecified atom stereocenters. The fraction of sp³-hybridized carbons (Fsp3) is 0.429. The molecule has 7 nitrogen and oxygen atoms in total. The summed E-state index contributed by atoms with van der Waals surface area (Å²) < 4.78 is 5.63. The van der Waals surface area contributed by atoms with Crippen LogP contribution in [0.3, 0.4) is 0 Å². The van der Waals surface area contributed by atoms with Crippen molar-refractivity contribution in [1.29, 1.82) is 0 Å². The zero-order valence-electron chi connectivity index (χ0n) is 19.9. The molecule has 2 heterocycles. The van der Waals surface area contributed by atoms with Gasteiger partial charge < -0.3 is 9.64 Å². The van der Waals surface area contributed by atoms with E-state index < -0.39 is 11.9 Å². The van der Waals surface area contributed by atoms with Crippen molar-refractivity contribution in [3.63, 3.8) is 0 Å². The second-order valence-electron chi connectivity index (χ2n) is 10.5. The Hall–Kier alpha value is -3.48. The molecular weight excluding hydrogens is 444 g/mol. The third-order valence-corrected chi connectivity index (χ3v) is 8.48. The summed E-state index contributed by atoms with van der Waals surface area (Å²) in [5, 5.41) is 0. The van der Waals surface area contributed by atoms with Crippen LogP contribution in [0.5, 0.6) is 5.75 Å². The van der Waals surface area contributed by atoms with Crippen LogP contribution in [0, 0.1) is 43.4 Å². The Kier molecular flexibility index (Phi) is 5.06. The molecule has 2 saturated carbocycles. The molecule has 180 valence electrons. The maximum Gasteiger partial charge on any atom is 0.316 e. The number of carbonyl (C=O) groups excluding carboxylic acids is 4. The fourth-order valence-corrected chi connectivity index (χ4v) is 6.56. The van der Waals surface area contributed by atoms with E-state index in [-0.39, 0.29) is 48.3 Å². The summed E-state index contributed by atoms with van der Waals surface area (Å²) in [6.45, 7) is 4.26. The summed E-state index contributed by atoms with van der Waals surface area (Å²) in [6.07, 6.45) is 3.11. The Morgan fingerprint density at radius 3 is 2.29 bits per heavy atom. The smallest absolute Gasteiger partial charge is 0.316 e. The Balaban J connectivity index is 1.16. The van der Waals surface area contributed by atoms with Crippen LogP contribution in [0.1, 0.15) is 36.8 Å². The highest BCUT2D eigenvalue weighted by atomic mass is 16.5. The third kappa shape index (κ3) is 3.48. The maximum atomic E-state index is 13.1. The summed E-state index contributed by atoms with van der Waals surface area (Å²) >= 11 is 0. The Labute approximate surface area is 204 Å². The lowest BCUT2D eigenvalue weighted by Crippen LogP contribution is -2.32. The van der Waals surface area contributed by atoms with Gasteiger partial charge in [0.05, 0.1) is 23.4 Å². The average molecular weight is 473 g/mol. The molecule has 4 fully saturated rings. The standard InChI is InChI=1S/C28H28N2O5/c1-15-6-9-20(10-16(15)2)29-14-19(12-23(29)31)28(34)35-22-5-3-4-21(13-22)30-26(32)24-17-7-8-18(11-17)25(24)27(30)33/h3-6,9-10,13,17-19,24-25H,7-8,11-12,14H2,1-2H3/t17-,18-,19+,24+,25+/m0/s1. The van der Waals surface area contributed by atoms with Crippen molar-refractivity contribution in [2.45, 2.75) is 39.5 Å². The summed E-state index contributed by atoms with van der Waals surface area (Å²) in [4.78, 5) is 54.7. The lowest BCUT2D eigenvalue weighted by Gasteiger charge is -2.19. The molecule has 0 radical (unpaired) electrons. The van der Waals surface area contributed by atoms with E-state index >= 15 is 0 Å². The molecule has 7 heteroatoms. The van der Waals surface area contributed by atoms with Crippen molar-refractivity contribution in [2.75, 3.05) is 16.3 Å². The first-order chi connectivity index (χ1) is 16.8. The topological polar surface area (TPSA) is 84.0 Å². The Morgan fingerprint density at radius 2 is 1.60 bits per heavy atom. The van der Waals surface area contributed by atoms with Gasteiger partial charge in [0.2, 0.25) is 17.7 Å². The van der Waals surface area contributed by atoms with Crippen LogP contribution in [0.25, 0.3) is 0 Å². The number of imide groups is 1. The van der Waals surface area contributed by atoms with Crippen molar-refractivity contribution in [1.82, 2.24) is 0 Å². The lowest BCUT2D eigenvalue weighted by molar-refractivity contribution is -0.139. The average Bonchev–Trinajstić information content (AvgIpc) is 3.59. The molecule has 5 atom stereocenters. The molecule has 0 aromatic heterocycles. The quantitative estimate of drug-likeness (QED) is 0.384. The fourth-order valence-electron chi connectivity index (χ4n) is 6.56. The van der Waals surface area contributed by atoms with Crippen LogP contribution < -0.4 is 14.5 Å². The van der Waals surface area contributed by atoms with Crippen molar-refractivity contribution < 1.29 is 23.9 Å². The molecule has 0 N–H and O–H groups in total. The number of rotatable bonds is 4. The zero-order valence-corrected chi connectivity index (χ0v) is 19.9. The van der Waals surface area contributed by atoms with Gasteiger partial charge in [0.1, 0.15) is 5.75 Å². The van der Waals surface area contributed by atoms with Gasteiger partial charge in [-0.1, -0.05) is 12.1 Å². The number of aryl methyl sites for hydroxylation is 2. The van der Waals surface area contributed by atoms with Crippen molar-refractivity contribution in [2.24, 2.45) is 29.6 Å². The summed E-state index contributed by atoms with van der Waals surface area (Å²) in [6, 6.07) is 12.4. The van der Waals surface area contributed by atoms with Gasteiger partial charge in [-0.2, -0.15) is 0 Å². The monoisotopic (exact) mass is 472 g/mol. The minimum atomic E-state index is -0.585. The minimum absolute atomic E-state index is 0.0840. The summed E-state index contributed by atoms with van der Waals surface area (Å²) in [5.41, 5.74) is 3.45. The molecule has 6 rings (SSSR count). The summed E-state index contributed by atoms with van der Waals surface area (Å²) in [5.74, 6) is -0.943. The maximum absolute atomic E-state index is 13.1. The van der Waals surface area contributed by atoms with E-state index in [0.717, 1.165) is 36.1 Å². The molecule has 2 aliphatic heterocycles. The van der Waals surface area contributed by atoms with Crippen molar-refractivity contribution in [3.05, 3.63) is 53.6 Å². The van der Waals surface area contributed by atoms with E-state index in [4.69, 9.17) is 4.74 Å². The number of ether oxygens (including phenoxy) is 1. The predicted octanol–water partition coefficient (Wildman–Crippen LogP) is 3.80. The molecule has 2 bridgehead atoms. The molecule has 0 spiro atoms. The number of hydrogen-bond acceptors (Lipinski definition) is 5. The van der Waals surface area contributed by atoms with E-state index in [1.54, 1.807) is 29.2 Å². The SMILES string of the molecule is Cc1ccc(N2C[C@H](C(=O)Oc3cccc(N4C(=O)[C@@H]5[C@H]6CC[C@@H](C6)[C@H]5C4=O)c3)CC2=O)cc1C. The second kappa shape index (κ2) is 8.04. The first-order valence-electron chi connectivity index (χ1n) is 12.4. The zero-order chi connectivity index (χ0) is 24.4. The number of fused-ring (bicyclic) bond motifs is 5. The largest absolute Gasteiger partial charge is 0.426 e. The summed E-state index contributed by atoms with van der Waals surface area (Å²) in [7, 11) is 0. The first-order valence-corrected chi connectivity index (χ1v) is 12.4. The van der Waals surface area contributed by atoms with Gasteiger partial charge >= 0.3 is 5.97 Å². The molecule has 2 saturated heterocycles. The van der Waals surface area contributed by atoms with Gasteiger partial charge in [-0.15, -0.1) is 0 Å². The molecule has 3 amide bonds. The van der Waals surface area contributed by atoms with Crippen LogP contribution in [0.15, 0.2) is 42.5 Å². The van der Waals surface area contributed by atoms with Crippen LogP contribution in [0.2, 0.25) is 0 Å². The second-order valence-corrected chi connectivity index (χ2v) is 10.5. The van der Waals surface area contributed by atoms with Crippen molar-refractivity contribution in [3.8, 4) is 5.75 Å². The number of nitrogens with zero attached hydrogens (tertiary/aromatic N) is 2. The third-order valence-electron chi connectivity index (χ3n) is 8.48. The Bertz CT molecular complexity index is 1240. The molecule has 4 aliphatic rings. The van der Waals surface area contributed by atoms with E-state index in [1.165, 1.54) is 4.90 Å². The van der Waals surface area contributed by atoms with Crippen LogP contribution >= 0.6 is 0 Å². The van der Waals surface area contributed by atoms with Gasteiger partial charge in [-0.3, -0.25) is 19.2 Å². The number of benzene rings is 2. The number of hydrogen-bond donors (Lipinski definition) is 0. The highest BCUT2D eigenvalue weighted by Gasteiger charge is 2.61. The van der Waals surface area contributed by atoms with Gasteiger partial charge in [0.25, 0.3) is 0 Å². The Morgan fingerprint density at radius 1 is 0.886 bits per heavy atom. The van der Waals surface area contributed by atoms with E-state index in [2.05, 4.69) is 0 Å². The number of anilines is 2. The highest BCUT2D eigenvalue weighted by Crippen LogP contribution is 2.56. The van der Waals surface area contributed by atoms with E-state index in [9.17, 15) is 19.2 Å². The molecule has 35 heavy (non-hydrogen) atoms. The number of amides is 3. The van der Waals surface area contributed by atoms with Gasteiger partial charge in [-0.25, -0.2) is 4.90 Å². The van der Waals surface area contributed by atoms with Gasteiger partial charge in [0.15, 0.2) is 0 Å². The van der Waals surface area contributed by atoms with E-state index in [0.29, 0.717) is 17.5 Å². The van der Waals surface area contributed by atoms with Crippen LogP contribution in [-0.2, 0) is 19.2 Å². The van der Waals surface area contributed by atoms with Gasteiger partial charge in [0, 0.05) is 24.7 Å². The molecule has 2 aromatic carbocycles. The molecule has 2 aliphatic carbocycles. The van der Waals surface area contributed by atoms with Crippen LogP contribution in [-0.4, -0.2) is 30.2 Å². The highest BCUT2D eigenvalue weighted by molar-refractivity contribution is 6.22.